The molecule has 0 bridgehead atoms. The van der Waals surface area contributed by atoms with Crippen molar-refractivity contribution in [2.75, 3.05) is 32.8 Å². The van der Waals surface area contributed by atoms with Gasteiger partial charge >= 0.3 is 6.03 Å². The number of ether oxygens (including phenoxy) is 1. The van der Waals surface area contributed by atoms with E-state index < -0.39 is 0 Å². The number of nitrogens with zero attached hydrogens (tertiary/aromatic N) is 2. The summed E-state index contributed by atoms with van der Waals surface area (Å²) in [5, 5.41) is 5.83. The molecule has 2 atom stereocenters. The fourth-order valence-electron chi connectivity index (χ4n) is 3.97. The van der Waals surface area contributed by atoms with Crippen molar-refractivity contribution < 1.29 is 9.53 Å². The van der Waals surface area contributed by atoms with Gasteiger partial charge in [0, 0.05) is 38.4 Å². The number of carbonyl (C=O) groups excluding carboxylic acids is 1. The Morgan fingerprint density at radius 3 is 2.64 bits per heavy atom. The van der Waals surface area contributed by atoms with Gasteiger partial charge in [0.15, 0.2) is 0 Å². The van der Waals surface area contributed by atoms with E-state index >= 15 is 0 Å². The quantitative estimate of drug-likeness (QED) is 0.603. The number of likely N-dealkylation sites (tertiary alicyclic amines) is 1. The Bertz CT molecular complexity index is 593. The average Bonchev–Trinajstić information content (AvgIpc) is 3.49. The smallest absolute Gasteiger partial charge is 0.315 e. The van der Waals surface area contributed by atoms with Gasteiger partial charge in [0.1, 0.15) is 0 Å². The fourth-order valence-corrected chi connectivity index (χ4v) is 3.97. The topological polar surface area (TPSA) is 66.5 Å². The third-order valence-electron chi connectivity index (χ3n) is 5.55. The van der Waals surface area contributed by atoms with Gasteiger partial charge in [0.2, 0.25) is 5.88 Å². The second kappa shape index (κ2) is 10.6. The second-order valence-corrected chi connectivity index (χ2v) is 8.78. The number of amides is 2. The maximum Gasteiger partial charge on any atom is 0.315 e. The van der Waals surface area contributed by atoms with Crippen molar-refractivity contribution >= 4 is 6.03 Å². The molecule has 2 fully saturated rings. The number of nitrogens with one attached hydrogen (secondary N) is 2. The van der Waals surface area contributed by atoms with Crippen molar-refractivity contribution in [1.29, 1.82) is 0 Å². The highest BCUT2D eigenvalue weighted by molar-refractivity contribution is 5.73. The minimum atomic E-state index is -0.116. The molecule has 1 aromatic heterocycles. The molecule has 6 nitrogen and oxygen atoms in total. The van der Waals surface area contributed by atoms with Crippen molar-refractivity contribution in [2.45, 2.75) is 52.5 Å². The molecule has 0 radical (unpaired) electrons. The first kappa shape index (κ1) is 20.9. The van der Waals surface area contributed by atoms with Gasteiger partial charge in [-0.25, -0.2) is 9.78 Å². The van der Waals surface area contributed by atoms with Crippen LogP contribution in [0.5, 0.6) is 5.88 Å². The molecule has 2 heterocycles. The van der Waals surface area contributed by atoms with E-state index in [1.807, 2.05) is 12.1 Å². The van der Waals surface area contributed by atoms with Gasteiger partial charge in [0.25, 0.3) is 0 Å². The Hall–Kier alpha value is -1.82. The molecule has 1 aliphatic carbocycles. The Morgan fingerprint density at radius 2 is 1.96 bits per heavy atom. The predicted molar refractivity (Wildman–Crippen MR) is 111 cm³/mol. The first-order valence-electron chi connectivity index (χ1n) is 10.9. The molecule has 2 aliphatic rings. The summed E-state index contributed by atoms with van der Waals surface area (Å²) >= 11 is 0. The van der Waals surface area contributed by atoms with E-state index in [1.54, 1.807) is 6.20 Å². The largest absolute Gasteiger partial charge is 0.477 e. The number of hydrogen-bond donors (Lipinski definition) is 2. The third kappa shape index (κ3) is 7.66. The van der Waals surface area contributed by atoms with Crippen LogP contribution < -0.4 is 15.4 Å². The lowest BCUT2D eigenvalue weighted by molar-refractivity contribution is 0.139. The van der Waals surface area contributed by atoms with E-state index in [0.29, 0.717) is 12.4 Å². The summed E-state index contributed by atoms with van der Waals surface area (Å²) in [4.78, 5) is 18.8. The number of urea groups is 1. The molecular weight excluding hydrogens is 352 g/mol. The lowest BCUT2D eigenvalue weighted by atomic mass is 9.92. The van der Waals surface area contributed by atoms with Crippen molar-refractivity contribution in [2.24, 2.45) is 17.8 Å². The summed E-state index contributed by atoms with van der Waals surface area (Å²) in [6.07, 6.45) is 7.81. The van der Waals surface area contributed by atoms with Gasteiger partial charge in [-0.2, -0.15) is 0 Å². The van der Waals surface area contributed by atoms with Crippen LogP contribution in [0.25, 0.3) is 0 Å². The summed E-state index contributed by atoms with van der Waals surface area (Å²) in [5.74, 6) is 3.00. The highest BCUT2D eigenvalue weighted by atomic mass is 16.5. The van der Waals surface area contributed by atoms with Crippen LogP contribution in [0.2, 0.25) is 0 Å². The van der Waals surface area contributed by atoms with Crippen molar-refractivity contribution in [3.8, 4) is 5.88 Å². The van der Waals surface area contributed by atoms with Crippen molar-refractivity contribution in [3.05, 3.63) is 23.9 Å². The molecule has 1 saturated heterocycles. The number of hydrogen-bond acceptors (Lipinski definition) is 4. The Balaban J connectivity index is 1.22. The molecule has 3 rings (SSSR count). The predicted octanol–water partition coefficient (Wildman–Crippen LogP) is 3.43. The van der Waals surface area contributed by atoms with Gasteiger partial charge in [-0.3, -0.25) is 0 Å². The molecule has 6 heteroatoms. The Labute approximate surface area is 169 Å². The van der Waals surface area contributed by atoms with Gasteiger partial charge in [-0.15, -0.1) is 0 Å². The SMILES string of the molecule is C[C@@H]1C[C@@H](C)CN(CCCCNC(=O)NCc2ccc(OCC3CC3)nc2)C1. The minimum Gasteiger partial charge on any atom is -0.477 e. The molecule has 28 heavy (non-hydrogen) atoms. The zero-order valence-corrected chi connectivity index (χ0v) is 17.5. The van der Waals surface area contributed by atoms with E-state index in [0.717, 1.165) is 55.9 Å². The number of pyridine rings is 1. The molecule has 1 saturated carbocycles. The van der Waals surface area contributed by atoms with Crippen LogP contribution >= 0.6 is 0 Å². The molecular formula is C22H36N4O2. The number of aromatic nitrogens is 1. The normalized spacial score (nSPS) is 22.6. The standard InChI is InChI=1S/C22H36N4O2/c1-17-11-18(2)15-26(14-17)10-4-3-9-23-22(27)25-13-20-7-8-21(24-12-20)28-16-19-5-6-19/h7-8,12,17-19H,3-6,9-11,13-16H2,1-2H3,(H2,23,25,27)/t17-,18-/m1/s1. The molecule has 1 aromatic rings. The van der Waals surface area contributed by atoms with E-state index in [1.165, 1.54) is 32.4 Å². The lowest BCUT2D eigenvalue weighted by Gasteiger charge is -2.34. The van der Waals surface area contributed by atoms with Crippen LogP contribution in [0.4, 0.5) is 4.79 Å². The monoisotopic (exact) mass is 388 g/mol. The molecule has 1 aliphatic heterocycles. The summed E-state index contributed by atoms with van der Waals surface area (Å²) < 4.78 is 5.63. The minimum absolute atomic E-state index is 0.116. The summed E-state index contributed by atoms with van der Waals surface area (Å²) in [6.45, 7) is 10.2. The summed E-state index contributed by atoms with van der Waals surface area (Å²) in [6, 6.07) is 3.71. The molecule has 0 spiro atoms. The average molecular weight is 389 g/mol. The number of rotatable bonds is 10. The molecule has 2 amide bonds. The molecule has 0 aromatic carbocycles. The van der Waals surface area contributed by atoms with Crippen LogP contribution in [0.15, 0.2) is 18.3 Å². The maximum atomic E-state index is 11.9. The fraction of sp³-hybridized carbons (Fsp3) is 0.727. The van der Waals surface area contributed by atoms with Crippen LogP contribution in [0, 0.1) is 17.8 Å². The van der Waals surface area contributed by atoms with E-state index in [9.17, 15) is 4.79 Å². The van der Waals surface area contributed by atoms with Gasteiger partial charge in [-0.05, 0) is 62.0 Å². The van der Waals surface area contributed by atoms with Crippen molar-refractivity contribution in [3.63, 3.8) is 0 Å². The van der Waals surface area contributed by atoms with Gasteiger partial charge < -0.3 is 20.3 Å². The third-order valence-corrected chi connectivity index (χ3v) is 5.55. The number of unbranched alkanes of at least 4 members (excludes halogenated alkanes) is 1. The highest BCUT2D eigenvalue weighted by Gasteiger charge is 2.22. The first-order chi connectivity index (χ1) is 13.6. The van der Waals surface area contributed by atoms with Gasteiger partial charge in [-0.1, -0.05) is 19.9 Å². The van der Waals surface area contributed by atoms with E-state index in [-0.39, 0.29) is 6.03 Å². The number of carbonyl (C=O) groups is 1. The van der Waals surface area contributed by atoms with Crippen LogP contribution in [0.1, 0.15) is 51.5 Å². The van der Waals surface area contributed by atoms with Crippen LogP contribution in [-0.4, -0.2) is 48.7 Å². The second-order valence-electron chi connectivity index (χ2n) is 8.78. The lowest BCUT2D eigenvalue weighted by Crippen LogP contribution is -2.39. The molecule has 0 unspecified atom stereocenters. The summed E-state index contributed by atoms with van der Waals surface area (Å²) in [5.41, 5.74) is 0.974. The van der Waals surface area contributed by atoms with E-state index in [2.05, 4.69) is 34.4 Å². The van der Waals surface area contributed by atoms with E-state index in [4.69, 9.17) is 4.74 Å². The van der Waals surface area contributed by atoms with Crippen LogP contribution in [-0.2, 0) is 6.54 Å². The highest BCUT2D eigenvalue weighted by Crippen LogP contribution is 2.29. The summed E-state index contributed by atoms with van der Waals surface area (Å²) in [7, 11) is 0. The molecule has 156 valence electrons. The zero-order chi connectivity index (χ0) is 19.8. The first-order valence-corrected chi connectivity index (χ1v) is 10.9. The zero-order valence-electron chi connectivity index (χ0n) is 17.5. The van der Waals surface area contributed by atoms with Crippen molar-refractivity contribution in [1.82, 2.24) is 20.5 Å². The number of piperidine rings is 1. The Morgan fingerprint density at radius 1 is 1.18 bits per heavy atom. The molecule has 2 N–H and O–H groups in total. The maximum absolute atomic E-state index is 11.9. The van der Waals surface area contributed by atoms with Gasteiger partial charge in [0.05, 0.1) is 6.61 Å². The Kier molecular flexibility index (Phi) is 7.95. The van der Waals surface area contributed by atoms with Crippen LogP contribution in [0.3, 0.4) is 0 Å².